The molecule has 2 aromatic rings. The largest absolute Gasteiger partial charge is 0.507 e. The van der Waals surface area contributed by atoms with E-state index in [0.717, 1.165) is 17.3 Å². The van der Waals surface area contributed by atoms with Crippen molar-refractivity contribution in [3.8, 4) is 11.5 Å². The molecule has 0 spiro atoms. The van der Waals surface area contributed by atoms with Crippen LogP contribution in [0.15, 0.2) is 48.4 Å². The number of nitrogens with two attached hydrogens (primary N) is 1. The van der Waals surface area contributed by atoms with Crippen LogP contribution in [0.4, 0.5) is 0 Å². The Labute approximate surface area is 181 Å². The summed E-state index contributed by atoms with van der Waals surface area (Å²) < 4.78 is 11.1. The van der Waals surface area contributed by atoms with Gasteiger partial charge in [0, 0.05) is 11.6 Å². The number of halogens is 2. The van der Waals surface area contributed by atoms with Gasteiger partial charge in [-0.2, -0.15) is 0 Å². The van der Waals surface area contributed by atoms with Gasteiger partial charge in [0.05, 0.1) is 16.1 Å². The first-order valence-electron chi connectivity index (χ1n) is 9.32. The lowest BCUT2D eigenvalue weighted by atomic mass is 9.78. The first-order chi connectivity index (χ1) is 13.7. The topological polar surface area (TPSA) is 84.9 Å². The molecule has 1 atom stereocenters. The highest BCUT2D eigenvalue weighted by Gasteiger charge is 2.26. The third-order valence-corrected chi connectivity index (χ3v) is 5.33. The summed E-state index contributed by atoms with van der Waals surface area (Å²) in [5.74, 6) is 0.955. The van der Waals surface area contributed by atoms with Crippen molar-refractivity contribution in [2.45, 2.75) is 38.7 Å². The van der Waals surface area contributed by atoms with Crippen LogP contribution in [-0.4, -0.2) is 29.5 Å². The molecule has 0 heterocycles. The lowest BCUT2D eigenvalue weighted by molar-refractivity contribution is 0.104. The van der Waals surface area contributed by atoms with Crippen LogP contribution in [0.3, 0.4) is 0 Å². The monoisotopic (exact) mass is 439 g/mol. The maximum Gasteiger partial charge on any atom is 0.156 e. The van der Waals surface area contributed by atoms with E-state index in [1.165, 1.54) is 0 Å². The van der Waals surface area contributed by atoms with Gasteiger partial charge in [0.2, 0.25) is 0 Å². The molecule has 0 aliphatic carbocycles. The van der Waals surface area contributed by atoms with Crippen LogP contribution in [-0.2, 0) is 5.41 Å². The van der Waals surface area contributed by atoms with Gasteiger partial charge in [-0.25, -0.2) is 0 Å². The van der Waals surface area contributed by atoms with Gasteiger partial charge >= 0.3 is 0 Å². The van der Waals surface area contributed by atoms with Gasteiger partial charge in [0.25, 0.3) is 0 Å². The van der Waals surface area contributed by atoms with Crippen LogP contribution in [0.5, 0.6) is 11.5 Å². The van der Waals surface area contributed by atoms with Crippen molar-refractivity contribution in [2.75, 3.05) is 13.2 Å². The number of aliphatic hydroxyl groups excluding tert-OH is 2. The van der Waals surface area contributed by atoms with Crippen LogP contribution >= 0.6 is 23.2 Å². The fourth-order valence-corrected chi connectivity index (χ4v) is 3.29. The van der Waals surface area contributed by atoms with Crippen molar-refractivity contribution in [1.82, 2.24) is 0 Å². The Morgan fingerprint density at radius 3 is 2.21 bits per heavy atom. The fraction of sp³-hybridized carbons (Fsp3) is 0.364. The number of hydrogen-bond acceptors (Lipinski definition) is 5. The first-order valence-corrected chi connectivity index (χ1v) is 10.1. The number of hydrogen-bond donors (Lipinski definition) is 3. The van der Waals surface area contributed by atoms with E-state index in [9.17, 15) is 10.2 Å². The second kappa shape index (κ2) is 10.1. The summed E-state index contributed by atoms with van der Waals surface area (Å²) in [6.07, 6.45) is 1.12. The summed E-state index contributed by atoms with van der Waals surface area (Å²) in [6, 6.07) is 11.2. The Morgan fingerprint density at radius 2 is 1.69 bits per heavy atom. The van der Waals surface area contributed by atoms with Crippen molar-refractivity contribution in [3.63, 3.8) is 0 Å². The molecular weight excluding hydrogens is 413 g/mol. The average molecular weight is 440 g/mol. The maximum atomic E-state index is 9.69. The van der Waals surface area contributed by atoms with Gasteiger partial charge in [-0.15, -0.1) is 0 Å². The molecule has 0 saturated heterocycles. The second-order valence-corrected chi connectivity index (χ2v) is 8.05. The lowest BCUT2D eigenvalue weighted by Crippen LogP contribution is -2.20. The SMILES string of the molecule is CC[C@@H](O)COc1c(Cl)cc(C(C)(C)c2ccc(OC/C(O)=C/N)cc2)cc1Cl. The zero-order chi connectivity index (χ0) is 21.6. The molecule has 0 saturated carbocycles. The molecule has 0 fully saturated rings. The number of ether oxygens (including phenoxy) is 2. The Morgan fingerprint density at radius 1 is 1.10 bits per heavy atom. The van der Waals surface area contributed by atoms with Gasteiger partial charge in [-0.3, -0.25) is 0 Å². The standard InChI is InChI=1S/C22H27Cl2NO4/c1-4-16(26)12-29-21-19(23)9-15(10-20(21)24)22(2,3)14-5-7-18(8-6-14)28-13-17(27)11-25/h5-11,16,26-27H,4,12-13,25H2,1-3H3/b17-11-/t16-/m1/s1. The van der Waals surface area contributed by atoms with E-state index in [-0.39, 0.29) is 24.4 Å². The van der Waals surface area contributed by atoms with E-state index in [1.54, 1.807) is 0 Å². The van der Waals surface area contributed by atoms with Crippen molar-refractivity contribution >= 4 is 23.2 Å². The molecule has 4 N–H and O–H groups in total. The number of rotatable bonds is 9. The third-order valence-electron chi connectivity index (χ3n) is 4.77. The lowest BCUT2D eigenvalue weighted by Gasteiger charge is -2.27. The van der Waals surface area contributed by atoms with Gasteiger partial charge in [0.1, 0.15) is 24.7 Å². The van der Waals surface area contributed by atoms with E-state index in [2.05, 4.69) is 13.8 Å². The highest BCUT2D eigenvalue weighted by molar-refractivity contribution is 6.37. The van der Waals surface area contributed by atoms with Crippen molar-refractivity contribution in [1.29, 1.82) is 0 Å². The van der Waals surface area contributed by atoms with Crippen molar-refractivity contribution < 1.29 is 19.7 Å². The molecule has 29 heavy (non-hydrogen) atoms. The van der Waals surface area contributed by atoms with Crippen molar-refractivity contribution in [2.24, 2.45) is 5.73 Å². The van der Waals surface area contributed by atoms with E-state index < -0.39 is 6.10 Å². The van der Waals surface area contributed by atoms with E-state index in [0.29, 0.717) is 28.0 Å². The second-order valence-electron chi connectivity index (χ2n) is 7.24. The summed E-state index contributed by atoms with van der Waals surface area (Å²) in [4.78, 5) is 0. The molecule has 5 nitrogen and oxygen atoms in total. The molecular formula is C22H27Cl2NO4. The van der Waals surface area contributed by atoms with E-state index in [1.807, 2.05) is 43.3 Å². The van der Waals surface area contributed by atoms with Gasteiger partial charge in [-0.1, -0.05) is 56.1 Å². The van der Waals surface area contributed by atoms with E-state index >= 15 is 0 Å². The summed E-state index contributed by atoms with van der Waals surface area (Å²) >= 11 is 12.8. The molecule has 2 rings (SSSR count). The zero-order valence-electron chi connectivity index (χ0n) is 16.8. The Bertz CT molecular complexity index is 827. The summed E-state index contributed by atoms with van der Waals surface area (Å²) in [5, 5.41) is 19.9. The number of benzene rings is 2. The molecule has 0 aliphatic rings. The predicted molar refractivity (Wildman–Crippen MR) is 117 cm³/mol. The van der Waals surface area contributed by atoms with Crippen LogP contribution < -0.4 is 15.2 Å². The van der Waals surface area contributed by atoms with Gasteiger partial charge < -0.3 is 25.4 Å². The van der Waals surface area contributed by atoms with Crippen LogP contribution in [0.1, 0.15) is 38.3 Å². The summed E-state index contributed by atoms with van der Waals surface area (Å²) in [6.45, 7) is 6.15. The summed E-state index contributed by atoms with van der Waals surface area (Å²) in [7, 11) is 0. The molecule has 0 aliphatic heterocycles. The normalized spacial score (nSPS) is 13.2. The Hall–Kier alpha value is -2.08. The average Bonchev–Trinajstić information content (AvgIpc) is 2.71. The molecule has 2 aromatic carbocycles. The van der Waals surface area contributed by atoms with Crippen molar-refractivity contribution in [3.05, 3.63) is 69.5 Å². The minimum Gasteiger partial charge on any atom is -0.507 e. The van der Waals surface area contributed by atoms with Gasteiger partial charge in [0.15, 0.2) is 5.75 Å². The molecule has 0 unspecified atom stereocenters. The molecule has 0 radical (unpaired) electrons. The minimum absolute atomic E-state index is 0.0125. The highest BCUT2D eigenvalue weighted by Crippen LogP contribution is 2.40. The summed E-state index contributed by atoms with van der Waals surface area (Å²) in [5.41, 5.74) is 6.80. The molecule has 0 amide bonds. The van der Waals surface area contributed by atoms with Gasteiger partial charge in [-0.05, 0) is 41.8 Å². The Balaban J connectivity index is 2.21. The van der Waals surface area contributed by atoms with Crippen LogP contribution in [0.2, 0.25) is 10.0 Å². The predicted octanol–water partition coefficient (Wildman–Crippen LogP) is 5.21. The maximum absolute atomic E-state index is 9.69. The first kappa shape index (κ1) is 23.2. The minimum atomic E-state index is -0.568. The Kier molecular flexibility index (Phi) is 8.08. The smallest absolute Gasteiger partial charge is 0.156 e. The van der Waals surface area contributed by atoms with Crippen LogP contribution in [0, 0.1) is 0 Å². The van der Waals surface area contributed by atoms with Crippen LogP contribution in [0.25, 0.3) is 0 Å². The highest BCUT2D eigenvalue weighted by atomic mass is 35.5. The molecule has 0 bridgehead atoms. The number of aliphatic hydroxyl groups is 2. The molecule has 7 heteroatoms. The fourth-order valence-electron chi connectivity index (χ4n) is 2.70. The molecule has 0 aromatic heterocycles. The van der Waals surface area contributed by atoms with E-state index in [4.69, 9.17) is 38.4 Å². The quantitative estimate of drug-likeness (QED) is 0.467. The molecule has 158 valence electrons. The third kappa shape index (κ3) is 5.95. The zero-order valence-corrected chi connectivity index (χ0v) is 18.3.